The van der Waals surface area contributed by atoms with Crippen LogP contribution in [0.25, 0.3) is 0 Å². The Hall–Kier alpha value is -2.87. The van der Waals surface area contributed by atoms with Gasteiger partial charge in [-0.1, -0.05) is 6.07 Å². The molecule has 1 N–H and O–H groups in total. The topological polar surface area (TPSA) is 108 Å². The summed E-state index contributed by atoms with van der Waals surface area (Å²) in [5, 5.41) is 13.5. The average Bonchev–Trinajstić information content (AvgIpc) is 2.54. The summed E-state index contributed by atoms with van der Waals surface area (Å²) >= 11 is 0. The number of hydrogen-bond donors (Lipinski definition) is 1. The van der Waals surface area contributed by atoms with Gasteiger partial charge in [0.05, 0.1) is 12.0 Å². The summed E-state index contributed by atoms with van der Waals surface area (Å²) in [6.07, 6.45) is 0. The average molecular weight is 347 g/mol. The predicted molar refractivity (Wildman–Crippen MR) is 87.7 cm³/mol. The summed E-state index contributed by atoms with van der Waals surface area (Å²) < 4.78 is 31.7. The zero-order chi connectivity index (χ0) is 17.7. The molecule has 0 aliphatic carbocycles. The van der Waals surface area contributed by atoms with Crippen LogP contribution in [0.2, 0.25) is 0 Å². The normalized spacial score (nSPS) is 11.8. The Bertz CT molecular complexity index is 870. The highest BCUT2D eigenvalue weighted by Crippen LogP contribution is 2.18. The zero-order valence-electron chi connectivity index (χ0n) is 13.0. The Morgan fingerprint density at radius 3 is 2.42 bits per heavy atom. The monoisotopic (exact) mass is 347 g/mol. The number of ether oxygens (including phenoxy) is 1. The van der Waals surface area contributed by atoms with Gasteiger partial charge in [-0.25, -0.2) is 0 Å². The molecular formula is C16H15N2O5S-. The van der Waals surface area contributed by atoms with Crippen molar-refractivity contribution in [3.05, 3.63) is 54.1 Å². The van der Waals surface area contributed by atoms with Gasteiger partial charge in [0, 0.05) is 11.3 Å². The number of hydrogen-bond acceptors (Lipinski definition) is 5. The number of carbonyl (C=O) groups excluding carboxylic acids is 1. The molecule has 0 unspecified atom stereocenters. The van der Waals surface area contributed by atoms with E-state index in [1.807, 2.05) is 0 Å². The van der Waals surface area contributed by atoms with Crippen LogP contribution in [-0.2, 0) is 10.0 Å². The van der Waals surface area contributed by atoms with Gasteiger partial charge in [0.1, 0.15) is 5.75 Å². The molecule has 126 valence electrons. The van der Waals surface area contributed by atoms with E-state index in [2.05, 4.69) is 9.71 Å². The molecule has 0 spiro atoms. The second-order valence-electron chi connectivity index (χ2n) is 4.80. The van der Waals surface area contributed by atoms with E-state index in [9.17, 15) is 18.3 Å². The van der Waals surface area contributed by atoms with Gasteiger partial charge in [-0.2, -0.15) is 12.8 Å². The number of carbonyl (C=O) groups is 1. The summed E-state index contributed by atoms with van der Waals surface area (Å²) in [4.78, 5) is 12.0. The minimum atomic E-state index is -4.02. The summed E-state index contributed by atoms with van der Waals surface area (Å²) in [6.45, 7) is 1.06. The molecule has 0 radical (unpaired) electrons. The van der Waals surface area contributed by atoms with Crippen LogP contribution >= 0.6 is 0 Å². The van der Waals surface area contributed by atoms with Crippen molar-refractivity contribution >= 4 is 27.5 Å². The molecule has 1 amide bonds. The van der Waals surface area contributed by atoms with Gasteiger partial charge < -0.3 is 15.2 Å². The van der Waals surface area contributed by atoms with Crippen LogP contribution in [0.1, 0.15) is 17.3 Å². The third-order valence-corrected chi connectivity index (χ3v) is 4.36. The molecule has 0 atom stereocenters. The van der Waals surface area contributed by atoms with Crippen molar-refractivity contribution in [2.24, 2.45) is 4.40 Å². The fraction of sp³-hybridized carbons (Fsp3) is 0.125. The third kappa shape index (κ3) is 4.32. The van der Waals surface area contributed by atoms with Crippen LogP contribution in [-0.4, -0.2) is 27.3 Å². The van der Waals surface area contributed by atoms with E-state index >= 15 is 0 Å². The van der Waals surface area contributed by atoms with Crippen molar-refractivity contribution in [1.82, 2.24) is 0 Å². The molecule has 0 bridgehead atoms. The van der Waals surface area contributed by atoms with E-state index in [0.717, 1.165) is 6.92 Å². The zero-order valence-corrected chi connectivity index (χ0v) is 13.8. The second-order valence-corrected chi connectivity index (χ2v) is 6.40. The smallest absolute Gasteiger partial charge is 0.281 e. The fourth-order valence-electron chi connectivity index (χ4n) is 1.90. The molecule has 0 saturated carbocycles. The van der Waals surface area contributed by atoms with Crippen molar-refractivity contribution in [2.45, 2.75) is 11.8 Å². The number of anilines is 1. The lowest BCUT2D eigenvalue weighted by atomic mass is 10.2. The molecule has 0 aliphatic heterocycles. The Morgan fingerprint density at radius 2 is 1.83 bits per heavy atom. The molecule has 7 nitrogen and oxygen atoms in total. The van der Waals surface area contributed by atoms with Crippen molar-refractivity contribution in [1.29, 1.82) is 0 Å². The predicted octanol–water partition coefficient (Wildman–Crippen LogP) is 1.41. The van der Waals surface area contributed by atoms with Crippen LogP contribution in [0.3, 0.4) is 0 Å². The molecule has 24 heavy (non-hydrogen) atoms. The number of methoxy groups -OCH3 is 1. The van der Waals surface area contributed by atoms with E-state index in [1.54, 1.807) is 24.3 Å². The highest BCUT2D eigenvalue weighted by atomic mass is 32.2. The first-order chi connectivity index (χ1) is 11.3. The molecule has 0 aliphatic rings. The maximum Gasteiger partial charge on any atom is 0.281 e. The molecule has 2 aromatic carbocycles. The Kier molecular flexibility index (Phi) is 5.20. The lowest BCUT2D eigenvalue weighted by Crippen LogP contribution is -2.15. The molecular weight excluding hydrogens is 332 g/mol. The highest BCUT2D eigenvalue weighted by Gasteiger charge is 2.12. The first kappa shape index (κ1) is 17.5. The van der Waals surface area contributed by atoms with Crippen LogP contribution in [0.5, 0.6) is 5.75 Å². The first-order valence-corrected chi connectivity index (χ1v) is 8.30. The van der Waals surface area contributed by atoms with Gasteiger partial charge >= 0.3 is 0 Å². The maximum absolute atomic E-state index is 12.2. The van der Waals surface area contributed by atoms with Crippen LogP contribution in [0.4, 0.5) is 5.69 Å². The number of benzene rings is 2. The standard InChI is InChI=1S/C16H16N2O5S/c1-11(19)18-24(21,22)15-8-6-13(7-9-15)17-16(20)12-4-3-5-14(10-12)23-2/h3-10H,1-2H3,(H,17,20)(H,18,19)/p-1. The Balaban J connectivity index is 2.17. The van der Waals surface area contributed by atoms with Gasteiger partial charge in [0.2, 0.25) is 0 Å². The number of nitrogens with zero attached hydrogens (tertiary/aromatic N) is 1. The minimum absolute atomic E-state index is 0.128. The van der Waals surface area contributed by atoms with Gasteiger partial charge in [0.15, 0.2) is 0 Å². The van der Waals surface area contributed by atoms with Crippen LogP contribution < -0.4 is 15.2 Å². The van der Waals surface area contributed by atoms with Crippen molar-refractivity contribution in [3.63, 3.8) is 0 Å². The molecule has 2 aromatic rings. The minimum Gasteiger partial charge on any atom is -0.861 e. The Labute approximate surface area is 139 Å². The largest absolute Gasteiger partial charge is 0.861 e. The van der Waals surface area contributed by atoms with Crippen molar-refractivity contribution in [2.75, 3.05) is 12.4 Å². The summed E-state index contributed by atoms with van der Waals surface area (Å²) in [5.74, 6) is -0.613. The summed E-state index contributed by atoms with van der Waals surface area (Å²) in [7, 11) is -2.52. The molecule has 0 heterocycles. The first-order valence-electron chi connectivity index (χ1n) is 6.86. The van der Waals surface area contributed by atoms with Crippen LogP contribution in [0, 0.1) is 0 Å². The van der Waals surface area contributed by atoms with E-state index in [1.165, 1.54) is 31.4 Å². The molecule has 8 heteroatoms. The quantitative estimate of drug-likeness (QED) is 0.650. The van der Waals surface area contributed by atoms with E-state index in [0.29, 0.717) is 17.0 Å². The third-order valence-electron chi connectivity index (χ3n) is 2.99. The highest BCUT2D eigenvalue weighted by molar-refractivity contribution is 7.90. The van der Waals surface area contributed by atoms with Crippen molar-refractivity contribution in [3.8, 4) is 5.75 Å². The second kappa shape index (κ2) is 7.14. The number of sulfonamides is 1. The fourth-order valence-corrected chi connectivity index (χ4v) is 2.82. The maximum atomic E-state index is 12.2. The van der Waals surface area contributed by atoms with E-state index in [-0.39, 0.29) is 10.8 Å². The van der Waals surface area contributed by atoms with Crippen molar-refractivity contribution < 1.29 is 23.1 Å². The lowest BCUT2D eigenvalue weighted by molar-refractivity contribution is -0.215. The van der Waals surface area contributed by atoms with E-state index < -0.39 is 15.9 Å². The molecule has 2 rings (SSSR count). The molecule has 0 aromatic heterocycles. The molecule has 0 saturated heterocycles. The SMILES string of the molecule is COc1cccc(C(=O)Nc2ccc(S(=O)(=O)N=C(C)[O-])cc2)c1. The van der Waals surface area contributed by atoms with Gasteiger partial charge in [-0.15, -0.1) is 0 Å². The van der Waals surface area contributed by atoms with E-state index in [4.69, 9.17) is 4.74 Å². The number of nitrogens with one attached hydrogen (secondary N) is 1. The van der Waals surface area contributed by atoms with Crippen LogP contribution in [0.15, 0.2) is 57.8 Å². The van der Waals surface area contributed by atoms with Gasteiger partial charge in [0.25, 0.3) is 15.9 Å². The van der Waals surface area contributed by atoms with Gasteiger partial charge in [-0.3, -0.25) is 4.79 Å². The summed E-state index contributed by atoms with van der Waals surface area (Å²) in [6, 6.07) is 12.0. The van der Waals surface area contributed by atoms with Gasteiger partial charge in [-0.05, 0) is 55.3 Å². The number of amides is 1. The number of rotatable bonds is 5. The summed E-state index contributed by atoms with van der Waals surface area (Å²) in [5.41, 5.74) is 0.808. The lowest BCUT2D eigenvalue weighted by Gasteiger charge is -2.08. The molecule has 0 fully saturated rings. The Morgan fingerprint density at radius 1 is 1.17 bits per heavy atom.